The minimum absolute atomic E-state index is 0.0221. The molecule has 19 heavy (non-hydrogen) atoms. The number of amides is 1. The standard InChI is InChI=1S/C14H20BrClN2O/c1-2-10(7-8-17)3-6-14(19)18-11-4-5-12(15)13(16)9-11/h4-5,9-10H,2-3,6-8,17H2,1H3,(H,18,19). The third-order valence-electron chi connectivity index (χ3n) is 3.14. The normalized spacial score (nSPS) is 12.2. The van der Waals surface area contributed by atoms with Crippen LogP contribution in [0.15, 0.2) is 22.7 Å². The van der Waals surface area contributed by atoms with Gasteiger partial charge in [-0.25, -0.2) is 0 Å². The summed E-state index contributed by atoms with van der Waals surface area (Å²) in [5.41, 5.74) is 6.27. The maximum absolute atomic E-state index is 11.8. The van der Waals surface area contributed by atoms with Crippen LogP contribution in [0.4, 0.5) is 5.69 Å². The molecule has 0 saturated carbocycles. The number of rotatable bonds is 7. The van der Waals surface area contributed by atoms with Gasteiger partial charge in [-0.3, -0.25) is 4.79 Å². The summed E-state index contributed by atoms with van der Waals surface area (Å²) >= 11 is 9.29. The third kappa shape index (κ3) is 5.93. The first-order valence-electron chi connectivity index (χ1n) is 6.51. The lowest BCUT2D eigenvalue weighted by Crippen LogP contribution is -2.15. The summed E-state index contributed by atoms with van der Waals surface area (Å²) in [4.78, 5) is 11.8. The molecule has 0 saturated heterocycles. The Labute approximate surface area is 128 Å². The molecule has 1 rings (SSSR count). The molecule has 3 nitrogen and oxygen atoms in total. The Morgan fingerprint density at radius 3 is 2.79 bits per heavy atom. The molecule has 106 valence electrons. The highest BCUT2D eigenvalue weighted by atomic mass is 79.9. The van der Waals surface area contributed by atoms with E-state index in [9.17, 15) is 4.79 Å². The average molecular weight is 348 g/mol. The Hall–Kier alpha value is -0.580. The van der Waals surface area contributed by atoms with Crippen molar-refractivity contribution in [3.05, 3.63) is 27.7 Å². The van der Waals surface area contributed by atoms with Gasteiger partial charge in [0.05, 0.1) is 5.02 Å². The van der Waals surface area contributed by atoms with Crippen LogP contribution in [0.3, 0.4) is 0 Å². The summed E-state index contributed by atoms with van der Waals surface area (Å²) < 4.78 is 0.821. The lowest BCUT2D eigenvalue weighted by molar-refractivity contribution is -0.116. The van der Waals surface area contributed by atoms with Gasteiger partial charge in [-0.15, -0.1) is 0 Å². The lowest BCUT2D eigenvalue weighted by Gasteiger charge is -2.13. The number of hydrogen-bond acceptors (Lipinski definition) is 2. The van der Waals surface area contributed by atoms with E-state index in [1.165, 1.54) is 0 Å². The van der Waals surface area contributed by atoms with Crippen molar-refractivity contribution < 1.29 is 4.79 Å². The number of nitrogens with one attached hydrogen (secondary N) is 1. The highest BCUT2D eigenvalue weighted by Gasteiger charge is 2.09. The zero-order chi connectivity index (χ0) is 14.3. The van der Waals surface area contributed by atoms with E-state index < -0.39 is 0 Å². The molecule has 0 aliphatic heterocycles. The van der Waals surface area contributed by atoms with Gasteiger partial charge in [0.15, 0.2) is 0 Å². The van der Waals surface area contributed by atoms with Crippen LogP contribution in [0, 0.1) is 5.92 Å². The van der Waals surface area contributed by atoms with E-state index in [1.807, 2.05) is 12.1 Å². The monoisotopic (exact) mass is 346 g/mol. The molecule has 0 spiro atoms. The van der Waals surface area contributed by atoms with E-state index in [1.54, 1.807) is 6.07 Å². The van der Waals surface area contributed by atoms with Gasteiger partial charge < -0.3 is 11.1 Å². The van der Waals surface area contributed by atoms with Crippen LogP contribution in [0.2, 0.25) is 5.02 Å². The van der Waals surface area contributed by atoms with Gasteiger partial charge in [0.25, 0.3) is 0 Å². The minimum Gasteiger partial charge on any atom is -0.330 e. The number of carbonyl (C=O) groups excluding carboxylic acids is 1. The van der Waals surface area contributed by atoms with E-state index in [4.69, 9.17) is 17.3 Å². The van der Waals surface area contributed by atoms with Crippen molar-refractivity contribution in [2.75, 3.05) is 11.9 Å². The predicted octanol–water partition coefficient (Wildman–Crippen LogP) is 4.20. The fourth-order valence-electron chi connectivity index (χ4n) is 1.92. The van der Waals surface area contributed by atoms with Crippen LogP contribution < -0.4 is 11.1 Å². The summed E-state index contributed by atoms with van der Waals surface area (Å²) in [5.74, 6) is 0.554. The maximum Gasteiger partial charge on any atom is 0.224 e. The Kier molecular flexibility index (Phi) is 7.42. The van der Waals surface area contributed by atoms with Gasteiger partial charge in [-0.05, 0) is 59.4 Å². The molecular formula is C14H20BrClN2O. The van der Waals surface area contributed by atoms with Crippen LogP contribution >= 0.6 is 27.5 Å². The molecule has 0 aliphatic rings. The fraction of sp³-hybridized carbons (Fsp3) is 0.500. The number of anilines is 1. The maximum atomic E-state index is 11.8. The molecule has 0 aliphatic carbocycles. The van der Waals surface area contributed by atoms with Crippen LogP contribution in [0.1, 0.15) is 32.6 Å². The number of hydrogen-bond donors (Lipinski definition) is 2. The second kappa shape index (κ2) is 8.56. The van der Waals surface area contributed by atoms with E-state index in [0.29, 0.717) is 23.9 Å². The first-order valence-corrected chi connectivity index (χ1v) is 7.68. The second-order valence-corrected chi connectivity index (χ2v) is 5.83. The van der Waals surface area contributed by atoms with Gasteiger partial charge in [0.2, 0.25) is 5.91 Å². The fourth-order valence-corrected chi connectivity index (χ4v) is 2.35. The van der Waals surface area contributed by atoms with Crippen LogP contribution in [-0.4, -0.2) is 12.5 Å². The van der Waals surface area contributed by atoms with Crippen LogP contribution in [-0.2, 0) is 4.79 Å². The summed E-state index contributed by atoms with van der Waals surface area (Å²) in [6, 6.07) is 5.38. The molecular weight excluding hydrogens is 328 g/mol. The molecule has 0 bridgehead atoms. The van der Waals surface area contributed by atoms with Crippen molar-refractivity contribution in [2.45, 2.75) is 32.6 Å². The van der Waals surface area contributed by atoms with Crippen molar-refractivity contribution in [3.8, 4) is 0 Å². The van der Waals surface area contributed by atoms with Gasteiger partial charge in [-0.1, -0.05) is 24.9 Å². The summed E-state index contributed by atoms with van der Waals surface area (Å²) in [6.07, 6.45) is 3.44. The van der Waals surface area contributed by atoms with Gasteiger partial charge in [0, 0.05) is 16.6 Å². The molecule has 1 atom stereocenters. The molecule has 0 radical (unpaired) electrons. The Balaban J connectivity index is 2.44. The molecule has 1 amide bonds. The molecule has 1 unspecified atom stereocenters. The minimum atomic E-state index is 0.0221. The summed E-state index contributed by atoms with van der Waals surface area (Å²) in [5, 5.41) is 3.45. The van der Waals surface area contributed by atoms with Gasteiger partial charge in [-0.2, -0.15) is 0 Å². The number of benzene rings is 1. The quantitative estimate of drug-likeness (QED) is 0.777. The Bertz CT molecular complexity index is 426. The largest absolute Gasteiger partial charge is 0.330 e. The molecule has 1 aromatic rings. The van der Waals surface area contributed by atoms with Crippen molar-refractivity contribution in [1.29, 1.82) is 0 Å². The van der Waals surface area contributed by atoms with E-state index >= 15 is 0 Å². The zero-order valence-electron chi connectivity index (χ0n) is 11.1. The SMILES string of the molecule is CCC(CCN)CCC(=O)Nc1ccc(Br)c(Cl)c1. The van der Waals surface area contributed by atoms with Crippen molar-refractivity contribution in [2.24, 2.45) is 11.7 Å². The van der Waals surface area contributed by atoms with E-state index in [-0.39, 0.29) is 5.91 Å². The van der Waals surface area contributed by atoms with Crippen LogP contribution in [0.5, 0.6) is 0 Å². The Morgan fingerprint density at radius 2 is 2.21 bits per heavy atom. The number of carbonyl (C=O) groups is 1. The van der Waals surface area contributed by atoms with Gasteiger partial charge >= 0.3 is 0 Å². The number of nitrogens with two attached hydrogens (primary N) is 1. The third-order valence-corrected chi connectivity index (χ3v) is 4.37. The zero-order valence-corrected chi connectivity index (χ0v) is 13.4. The highest BCUT2D eigenvalue weighted by Crippen LogP contribution is 2.25. The van der Waals surface area contributed by atoms with Gasteiger partial charge in [0.1, 0.15) is 0 Å². The second-order valence-electron chi connectivity index (χ2n) is 4.57. The summed E-state index contributed by atoms with van der Waals surface area (Å²) in [6.45, 7) is 2.81. The van der Waals surface area contributed by atoms with E-state index in [0.717, 1.165) is 29.4 Å². The average Bonchev–Trinajstić information content (AvgIpc) is 2.39. The van der Waals surface area contributed by atoms with Crippen LogP contribution in [0.25, 0.3) is 0 Å². The predicted molar refractivity (Wildman–Crippen MR) is 84.5 cm³/mol. The lowest BCUT2D eigenvalue weighted by atomic mass is 9.96. The topological polar surface area (TPSA) is 55.1 Å². The number of halogens is 2. The molecule has 0 heterocycles. The molecule has 0 aromatic heterocycles. The molecule has 5 heteroatoms. The molecule has 0 fully saturated rings. The smallest absolute Gasteiger partial charge is 0.224 e. The Morgan fingerprint density at radius 1 is 1.47 bits per heavy atom. The summed E-state index contributed by atoms with van der Waals surface area (Å²) in [7, 11) is 0. The van der Waals surface area contributed by atoms with Crippen molar-refractivity contribution in [3.63, 3.8) is 0 Å². The highest BCUT2D eigenvalue weighted by molar-refractivity contribution is 9.10. The first kappa shape index (κ1) is 16.5. The molecule has 1 aromatic carbocycles. The van der Waals surface area contributed by atoms with Crippen molar-refractivity contribution in [1.82, 2.24) is 0 Å². The first-order chi connectivity index (χ1) is 9.06. The van der Waals surface area contributed by atoms with Crippen molar-refractivity contribution >= 4 is 39.1 Å². The van der Waals surface area contributed by atoms with E-state index in [2.05, 4.69) is 28.2 Å². The molecule has 3 N–H and O–H groups in total.